The Bertz CT molecular complexity index is 495. The number of hydroxylamine groups is 2. The molecule has 1 unspecified atom stereocenters. The van der Waals surface area contributed by atoms with E-state index in [1.165, 1.54) is 5.06 Å². The summed E-state index contributed by atoms with van der Waals surface area (Å²) in [5.74, 6) is -0.299. The van der Waals surface area contributed by atoms with Crippen molar-refractivity contribution in [1.29, 1.82) is 0 Å². The molecule has 104 valence electrons. The van der Waals surface area contributed by atoms with Crippen LogP contribution in [0.1, 0.15) is 23.2 Å². The maximum Gasteiger partial charge on any atom is 0.340 e. The molecule has 1 atom stereocenters. The van der Waals surface area contributed by atoms with Crippen molar-refractivity contribution in [1.82, 2.24) is 5.06 Å². The number of nitrogens with zero attached hydrogens (tertiary/aromatic N) is 1. The zero-order chi connectivity index (χ0) is 14.0. The Morgan fingerprint density at radius 1 is 1.32 bits per heavy atom. The van der Waals surface area contributed by atoms with Crippen molar-refractivity contribution >= 4 is 73.7 Å². The van der Waals surface area contributed by atoms with Crippen LogP contribution in [0, 0.1) is 10.7 Å². The van der Waals surface area contributed by atoms with Crippen molar-refractivity contribution in [2.45, 2.75) is 18.9 Å². The van der Waals surface area contributed by atoms with Crippen LogP contribution in [-0.2, 0) is 4.74 Å². The molecular formula is C12H12I3NO3. The standard InChI is InChI=1S/C12H12I3NO3/c13-8-3-4-9(14)11(15)10(8)12(17)19-7-2-1-5-16(18)6-7/h3-4,7,18H,1-2,5-6H2. The topological polar surface area (TPSA) is 49.8 Å². The summed E-state index contributed by atoms with van der Waals surface area (Å²) < 4.78 is 8.37. The minimum atomic E-state index is -0.299. The fourth-order valence-corrected chi connectivity index (χ4v) is 4.27. The van der Waals surface area contributed by atoms with Crippen molar-refractivity contribution in [2.75, 3.05) is 13.1 Å². The van der Waals surface area contributed by atoms with Crippen LogP contribution in [0.15, 0.2) is 12.1 Å². The van der Waals surface area contributed by atoms with Gasteiger partial charge in [0.2, 0.25) is 0 Å². The van der Waals surface area contributed by atoms with Crippen molar-refractivity contribution in [3.05, 3.63) is 28.4 Å². The predicted molar refractivity (Wildman–Crippen MR) is 96.4 cm³/mol. The summed E-state index contributed by atoms with van der Waals surface area (Å²) in [6.45, 7) is 1.04. The van der Waals surface area contributed by atoms with Crippen molar-refractivity contribution < 1.29 is 14.7 Å². The first-order chi connectivity index (χ1) is 8.99. The van der Waals surface area contributed by atoms with Gasteiger partial charge in [0.15, 0.2) is 0 Å². The van der Waals surface area contributed by atoms with Gasteiger partial charge in [-0.25, -0.2) is 4.79 Å². The van der Waals surface area contributed by atoms with Crippen LogP contribution in [0.25, 0.3) is 0 Å². The van der Waals surface area contributed by atoms with Gasteiger partial charge in [-0.3, -0.25) is 0 Å². The fourth-order valence-electron chi connectivity index (χ4n) is 1.94. The van der Waals surface area contributed by atoms with Crippen molar-refractivity contribution in [3.8, 4) is 0 Å². The number of hydrogen-bond donors (Lipinski definition) is 1. The minimum absolute atomic E-state index is 0.226. The van der Waals surface area contributed by atoms with Crippen LogP contribution in [-0.4, -0.2) is 35.4 Å². The van der Waals surface area contributed by atoms with Crippen LogP contribution in [0.3, 0.4) is 0 Å². The summed E-state index contributed by atoms with van der Waals surface area (Å²) in [5.41, 5.74) is 0.628. The quantitative estimate of drug-likeness (QED) is 0.322. The SMILES string of the molecule is O=C(OC1CCCN(O)C1)c1c(I)ccc(I)c1I. The first kappa shape index (κ1) is 16.2. The summed E-state index contributed by atoms with van der Waals surface area (Å²) in [7, 11) is 0. The summed E-state index contributed by atoms with van der Waals surface area (Å²) in [6.07, 6.45) is 1.42. The average Bonchev–Trinajstić information content (AvgIpc) is 2.34. The van der Waals surface area contributed by atoms with Gasteiger partial charge in [0, 0.05) is 17.3 Å². The molecule has 1 aromatic carbocycles. The second-order valence-electron chi connectivity index (χ2n) is 4.30. The molecule has 1 saturated heterocycles. The Morgan fingerprint density at radius 3 is 2.68 bits per heavy atom. The average molecular weight is 599 g/mol. The Balaban J connectivity index is 2.14. The number of benzene rings is 1. The fraction of sp³-hybridized carbons (Fsp3) is 0.417. The summed E-state index contributed by atoms with van der Waals surface area (Å²) in [6, 6.07) is 3.90. The number of hydrogen-bond acceptors (Lipinski definition) is 4. The van der Waals surface area contributed by atoms with E-state index in [4.69, 9.17) is 4.74 Å². The molecule has 0 radical (unpaired) electrons. The van der Waals surface area contributed by atoms with Gasteiger partial charge in [-0.2, -0.15) is 5.06 Å². The Kier molecular flexibility index (Phi) is 6.11. The molecule has 1 aromatic rings. The molecule has 1 heterocycles. The van der Waals surface area contributed by atoms with E-state index >= 15 is 0 Å². The van der Waals surface area contributed by atoms with E-state index in [0.29, 0.717) is 18.7 Å². The highest BCUT2D eigenvalue weighted by atomic mass is 127. The van der Waals surface area contributed by atoms with Crippen LogP contribution in [0.5, 0.6) is 0 Å². The van der Waals surface area contributed by atoms with E-state index in [1.54, 1.807) is 0 Å². The molecule has 2 rings (SSSR count). The Labute approximate surface area is 152 Å². The number of ether oxygens (including phenoxy) is 1. The predicted octanol–water partition coefficient (Wildman–Crippen LogP) is 3.51. The van der Waals surface area contributed by atoms with Gasteiger partial charge in [0.25, 0.3) is 0 Å². The molecule has 0 amide bonds. The lowest BCUT2D eigenvalue weighted by Crippen LogP contribution is -2.38. The molecular weight excluding hydrogens is 587 g/mol. The first-order valence-corrected chi connectivity index (χ1v) is 9.01. The number of rotatable bonds is 2. The zero-order valence-electron chi connectivity index (χ0n) is 9.91. The highest BCUT2D eigenvalue weighted by molar-refractivity contribution is 14.1. The number of halogens is 3. The lowest BCUT2D eigenvalue weighted by atomic mass is 10.1. The van der Waals surface area contributed by atoms with Gasteiger partial charge >= 0.3 is 5.97 Å². The third-order valence-electron chi connectivity index (χ3n) is 2.88. The zero-order valence-corrected chi connectivity index (χ0v) is 16.4. The van der Waals surface area contributed by atoms with E-state index in [1.807, 2.05) is 12.1 Å². The Hall–Kier alpha value is 0.800. The highest BCUT2D eigenvalue weighted by Crippen LogP contribution is 2.26. The third kappa shape index (κ3) is 4.14. The number of carbonyl (C=O) groups is 1. The molecule has 0 bridgehead atoms. The second kappa shape index (κ2) is 7.18. The van der Waals surface area contributed by atoms with Gasteiger partial charge in [0.1, 0.15) is 6.10 Å². The second-order valence-corrected chi connectivity index (χ2v) is 7.70. The molecule has 0 aliphatic carbocycles. The van der Waals surface area contributed by atoms with E-state index in [9.17, 15) is 10.0 Å². The first-order valence-electron chi connectivity index (χ1n) is 5.77. The highest BCUT2D eigenvalue weighted by Gasteiger charge is 2.25. The summed E-state index contributed by atoms with van der Waals surface area (Å²) in [4.78, 5) is 12.3. The van der Waals surface area contributed by atoms with Crippen LogP contribution < -0.4 is 0 Å². The van der Waals surface area contributed by atoms with Crippen molar-refractivity contribution in [2.24, 2.45) is 0 Å². The molecule has 1 aliphatic heterocycles. The maximum atomic E-state index is 12.3. The van der Waals surface area contributed by atoms with Crippen LogP contribution >= 0.6 is 67.8 Å². The maximum absolute atomic E-state index is 12.3. The van der Waals surface area contributed by atoms with E-state index in [2.05, 4.69) is 67.8 Å². The van der Waals surface area contributed by atoms with Gasteiger partial charge in [0.05, 0.1) is 12.1 Å². The molecule has 4 nitrogen and oxygen atoms in total. The van der Waals surface area contributed by atoms with Gasteiger partial charge in [-0.05, 0) is 92.7 Å². The van der Waals surface area contributed by atoms with Crippen LogP contribution in [0.4, 0.5) is 0 Å². The molecule has 0 aromatic heterocycles. The molecule has 0 spiro atoms. The monoisotopic (exact) mass is 599 g/mol. The normalized spacial score (nSPS) is 20.3. The lowest BCUT2D eigenvalue weighted by Gasteiger charge is -2.28. The van der Waals surface area contributed by atoms with Crippen LogP contribution in [0.2, 0.25) is 0 Å². The smallest absolute Gasteiger partial charge is 0.340 e. The number of carbonyl (C=O) groups excluding carboxylic acids is 1. The van der Waals surface area contributed by atoms with E-state index in [-0.39, 0.29) is 12.1 Å². The lowest BCUT2D eigenvalue weighted by molar-refractivity contribution is -0.133. The summed E-state index contributed by atoms with van der Waals surface area (Å²) in [5, 5.41) is 10.7. The minimum Gasteiger partial charge on any atom is -0.457 e. The van der Waals surface area contributed by atoms with Gasteiger partial charge in [-0.1, -0.05) is 0 Å². The van der Waals surface area contributed by atoms with E-state index in [0.717, 1.165) is 23.6 Å². The number of esters is 1. The largest absolute Gasteiger partial charge is 0.457 e. The van der Waals surface area contributed by atoms with Gasteiger partial charge in [-0.15, -0.1) is 0 Å². The molecule has 1 fully saturated rings. The van der Waals surface area contributed by atoms with E-state index < -0.39 is 0 Å². The molecule has 7 heteroatoms. The molecule has 0 saturated carbocycles. The van der Waals surface area contributed by atoms with Crippen molar-refractivity contribution in [3.63, 3.8) is 0 Å². The molecule has 1 N–H and O–H groups in total. The molecule has 19 heavy (non-hydrogen) atoms. The third-order valence-corrected chi connectivity index (χ3v) is 6.83. The Morgan fingerprint density at radius 2 is 2.00 bits per heavy atom. The summed E-state index contributed by atoms with van der Waals surface area (Å²) >= 11 is 6.53. The van der Waals surface area contributed by atoms with Gasteiger partial charge < -0.3 is 9.94 Å². The molecule has 1 aliphatic rings. The number of piperidine rings is 1.